The van der Waals surface area contributed by atoms with Crippen LogP contribution in [0.5, 0.6) is 0 Å². The van der Waals surface area contributed by atoms with Crippen LogP contribution in [0, 0.1) is 0 Å². The number of rotatable bonds is 8. The van der Waals surface area contributed by atoms with E-state index in [1.54, 1.807) is 24.3 Å². The van der Waals surface area contributed by atoms with E-state index in [1.807, 2.05) is 13.0 Å². The van der Waals surface area contributed by atoms with Gasteiger partial charge in [0.25, 0.3) is 5.91 Å². The number of esters is 1. The summed E-state index contributed by atoms with van der Waals surface area (Å²) in [6.07, 6.45) is 1.72. The van der Waals surface area contributed by atoms with Gasteiger partial charge in [-0.3, -0.25) is 14.9 Å². The van der Waals surface area contributed by atoms with Crippen molar-refractivity contribution < 1.29 is 23.9 Å². The summed E-state index contributed by atoms with van der Waals surface area (Å²) in [7, 11) is 0. The molecule has 0 radical (unpaired) electrons. The van der Waals surface area contributed by atoms with Crippen molar-refractivity contribution in [2.24, 2.45) is 0 Å². The molecule has 2 aromatic carbocycles. The number of nitrogens with one attached hydrogen (secondary N) is 2. The number of ketones is 1. The van der Waals surface area contributed by atoms with Crippen LogP contribution >= 0.6 is 0 Å². The van der Waals surface area contributed by atoms with Gasteiger partial charge in [-0.1, -0.05) is 55.8 Å². The van der Waals surface area contributed by atoms with E-state index in [2.05, 4.69) is 10.6 Å². The van der Waals surface area contributed by atoms with Gasteiger partial charge in [-0.2, -0.15) is 0 Å². The van der Waals surface area contributed by atoms with Gasteiger partial charge >= 0.3 is 12.0 Å². The average Bonchev–Trinajstić information content (AvgIpc) is 2.72. The monoisotopic (exact) mass is 382 g/mol. The summed E-state index contributed by atoms with van der Waals surface area (Å²) in [4.78, 5) is 47.4. The average molecular weight is 382 g/mol. The molecule has 0 aromatic heterocycles. The third-order valence-corrected chi connectivity index (χ3v) is 3.82. The molecule has 0 bridgehead atoms. The van der Waals surface area contributed by atoms with Crippen LogP contribution in [0.4, 0.5) is 4.79 Å². The van der Waals surface area contributed by atoms with Crippen LogP contribution in [-0.2, 0) is 9.53 Å². The molecule has 3 amide bonds. The van der Waals surface area contributed by atoms with E-state index in [-0.39, 0.29) is 11.3 Å². The van der Waals surface area contributed by atoms with E-state index >= 15 is 0 Å². The first-order valence-corrected chi connectivity index (χ1v) is 8.96. The number of carbonyl (C=O) groups is 4. The van der Waals surface area contributed by atoms with Gasteiger partial charge in [0.2, 0.25) is 0 Å². The van der Waals surface area contributed by atoms with Crippen LogP contribution in [0.15, 0.2) is 54.6 Å². The standard InChI is InChI=1S/C21H22N2O5/c1-2-3-13-22-21(27)23-18(24)14-28-20(26)17-11-9-16(10-12-17)19(25)15-7-5-4-6-8-15/h4-12H,2-3,13-14H2,1H3,(H2,22,23,24,27). The van der Waals surface area contributed by atoms with Crippen molar-refractivity contribution in [3.8, 4) is 0 Å². The van der Waals surface area contributed by atoms with Crippen molar-refractivity contribution in [2.75, 3.05) is 13.2 Å². The zero-order valence-electron chi connectivity index (χ0n) is 15.6. The second kappa shape index (κ2) is 10.6. The minimum absolute atomic E-state index is 0.158. The van der Waals surface area contributed by atoms with Gasteiger partial charge in [-0.05, 0) is 18.6 Å². The Hall–Kier alpha value is -3.48. The molecule has 0 unspecified atom stereocenters. The van der Waals surface area contributed by atoms with Crippen LogP contribution in [0.25, 0.3) is 0 Å². The van der Waals surface area contributed by atoms with E-state index in [9.17, 15) is 19.2 Å². The van der Waals surface area contributed by atoms with Crippen molar-refractivity contribution in [1.82, 2.24) is 10.6 Å². The molecule has 0 aliphatic carbocycles. The van der Waals surface area contributed by atoms with Gasteiger partial charge in [0.1, 0.15) is 0 Å². The highest BCUT2D eigenvalue weighted by Crippen LogP contribution is 2.11. The van der Waals surface area contributed by atoms with Crippen molar-refractivity contribution in [3.05, 3.63) is 71.3 Å². The summed E-state index contributed by atoms with van der Waals surface area (Å²) < 4.78 is 4.89. The second-order valence-corrected chi connectivity index (χ2v) is 6.01. The number of hydrogen-bond acceptors (Lipinski definition) is 5. The minimum atomic E-state index is -0.724. The fraction of sp³-hybridized carbons (Fsp3) is 0.238. The molecule has 0 saturated carbocycles. The summed E-state index contributed by atoms with van der Waals surface area (Å²) in [5.74, 6) is -1.60. The minimum Gasteiger partial charge on any atom is -0.452 e. The number of hydrogen-bond donors (Lipinski definition) is 2. The third kappa shape index (κ3) is 6.35. The lowest BCUT2D eigenvalue weighted by atomic mass is 10.0. The van der Waals surface area contributed by atoms with Crippen LogP contribution in [0.1, 0.15) is 46.0 Å². The van der Waals surface area contributed by atoms with Crippen LogP contribution < -0.4 is 10.6 Å². The van der Waals surface area contributed by atoms with E-state index in [0.29, 0.717) is 17.7 Å². The Kier molecular flexibility index (Phi) is 7.90. The smallest absolute Gasteiger partial charge is 0.338 e. The van der Waals surface area contributed by atoms with E-state index in [4.69, 9.17) is 4.74 Å². The molecule has 0 aliphatic heterocycles. The molecule has 2 N–H and O–H groups in total. The molecular weight excluding hydrogens is 360 g/mol. The Morgan fingerprint density at radius 3 is 2.11 bits per heavy atom. The number of unbranched alkanes of at least 4 members (excludes halogenated alkanes) is 1. The summed E-state index contributed by atoms with van der Waals surface area (Å²) in [5.41, 5.74) is 1.18. The number of urea groups is 1. The molecule has 7 heteroatoms. The summed E-state index contributed by atoms with van der Waals surface area (Å²) in [6, 6.07) is 14.1. The SMILES string of the molecule is CCCCNC(=O)NC(=O)COC(=O)c1ccc(C(=O)c2ccccc2)cc1. The Balaban J connectivity index is 1.83. The van der Waals surface area contributed by atoms with E-state index in [0.717, 1.165) is 12.8 Å². The molecule has 7 nitrogen and oxygen atoms in total. The second-order valence-electron chi connectivity index (χ2n) is 6.01. The Bertz CT molecular complexity index is 832. The lowest BCUT2D eigenvalue weighted by molar-refractivity contribution is -0.123. The molecular formula is C21H22N2O5. The van der Waals surface area contributed by atoms with Crippen LogP contribution in [-0.4, -0.2) is 36.8 Å². The van der Waals surface area contributed by atoms with Gasteiger partial charge in [0, 0.05) is 17.7 Å². The molecule has 0 atom stereocenters. The van der Waals surface area contributed by atoms with Crippen molar-refractivity contribution >= 4 is 23.7 Å². The molecule has 0 spiro atoms. The van der Waals surface area contributed by atoms with Crippen molar-refractivity contribution in [2.45, 2.75) is 19.8 Å². The lowest BCUT2D eigenvalue weighted by Crippen LogP contribution is -2.41. The Labute approximate surface area is 163 Å². The fourth-order valence-electron chi connectivity index (χ4n) is 2.31. The number of benzene rings is 2. The van der Waals surface area contributed by atoms with Gasteiger partial charge < -0.3 is 10.1 Å². The Morgan fingerprint density at radius 2 is 1.46 bits per heavy atom. The van der Waals surface area contributed by atoms with E-state index < -0.39 is 24.5 Å². The third-order valence-electron chi connectivity index (χ3n) is 3.82. The molecule has 2 aromatic rings. The topological polar surface area (TPSA) is 102 Å². The van der Waals surface area contributed by atoms with Crippen LogP contribution in [0.3, 0.4) is 0 Å². The quantitative estimate of drug-likeness (QED) is 0.415. The normalized spacial score (nSPS) is 10.0. The van der Waals surface area contributed by atoms with Gasteiger partial charge in [0.15, 0.2) is 12.4 Å². The highest BCUT2D eigenvalue weighted by Gasteiger charge is 2.14. The predicted octanol–water partition coefficient (Wildman–Crippen LogP) is 2.70. The zero-order chi connectivity index (χ0) is 20.4. The first kappa shape index (κ1) is 20.8. The summed E-state index contributed by atoms with van der Waals surface area (Å²) >= 11 is 0. The summed E-state index contributed by atoms with van der Waals surface area (Å²) in [6.45, 7) is 1.86. The lowest BCUT2D eigenvalue weighted by Gasteiger charge is -2.07. The number of carbonyl (C=O) groups excluding carboxylic acids is 4. The summed E-state index contributed by atoms with van der Waals surface area (Å²) in [5, 5.41) is 4.60. The van der Waals surface area contributed by atoms with Gasteiger partial charge in [-0.25, -0.2) is 9.59 Å². The highest BCUT2D eigenvalue weighted by atomic mass is 16.5. The maximum Gasteiger partial charge on any atom is 0.338 e. The molecule has 0 heterocycles. The van der Waals surface area contributed by atoms with E-state index in [1.165, 1.54) is 24.3 Å². The molecule has 146 valence electrons. The van der Waals surface area contributed by atoms with Crippen LogP contribution in [0.2, 0.25) is 0 Å². The predicted molar refractivity (Wildman–Crippen MR) is 103 cm³/mol. The Morgan fingerprint density at radius 1 is 0.857 bits per heavy atom. The maximum atomic E-state index is 12.3. The first-order valence-electron chi connectivity index (χ1n) is 8.96. The number of ether oxygens (including phenoxy) is 1. The van der Waals surface area contributed by atoms with Crippen molar-refractivity contribution in [3.63, 3.8) is 0 Å². The molecule has 0 saturated heterocycles. The number of amides is 3. The fourth-order valence-corrected chi connectivity index (χ4v) is 2.31. The van der Waals surface area contributed by atoms with Gasteiger partial charge in [0.05, 0.1) is 5.56 Å². The van der Waals surface area contributed by atoms with Crippen molar-refractivity contribution in [1.29, 1.82) is 0 Å². The molecule has 0 aliphatic rings. The first-order chi connectivity index (χ1) is 13.5. The molecule has 0 fully saturated rings. The van der Waals surface area contributed by atoms with Gasteiger partial charge in [-0.15, -0.1) is 0 Å². The largest absolute Gasteiger partial charge is 0.452 e. The molecule has 28 heavy (non-hydrogen) atoms. The maximum absolute atomic E-state index is 12.3. The molecule has 2 rings (SSSR count). The highest BCUT2D eigenvalue weighted by molar-refractivity contribution is 6.09. The zero-order valence-corrected chi connectivity index (χ0v) is 15.6. The number of imide groups is 1.